The standard InChI is InChI=1S/C25H26F2N2O5/c1-24(2,12-21(30)29-14-25(26,27)11-20(29)22(31)32)28-23(33)34-13-19-17-9-5-3-7-15(17)16-8-4-6-10-18(16)19/h3-10,19-20H,11-14H2,1-2H3,(H,28,33)(H,31,32)/t20-/m1/s1. The van der Waals surface area contributed by atoms with Crippen molar-refractivity contribution < 1.29 is 33.0 Å². The van der Waals surface area contributed by atoms with E-state index in [4.69, 9.17) is 4.74 Å². The normalized spacial score (nSPS) is 18.8. The molecule has 2 aromatic carbocycles. The lowest BCUT2D eigenvalue weighted by molar-refractivity contribution is -0.148. The zero-order valence-electron chi connectivity index (χ0n) is 18.9. The van der Waals surface area contributed by atoms with Crippen LogP contribution >= 0.6 is 0 Å². The first-order valence-corrected chi connectivity index (χ1v) is 11.0. The quantitative estimate of drug-likeness (QED) is 0.662. The number of hydrogen-bond acceptors (Lipinski definition) is 4. The summed E-state index contributed by atoms with van der Waals surface area (Å²) in [5, 5.41) is 11.8. The van der Waals surface area contributed by atoms with Crippen molar-refractivity contribution >= 4 is 18.0 Å². The number of aliphatic carboxylic acids is 1. The van der Waals surface area contributed by atoms with Crippen molar-refractivity contribution in [3.8, 4) is 11.1 Å². The fraction of sp³-hybridized carbons (Fsp3) is 0.400. The minimum absolute atomic E-state index is 0.0866. The van der Waals surface area contributed by atoms with Crippen LogP contribution in [0, 0.1) is 0 Å². The number of alkyl halides is 2. The number of ether oxygens (including phenoxy) is 1. The maximum Gasteiger partial charge on any atom is 0.407 e. The van der Waals surface area contributed by atoms with E-state index in [1.807, 2.05) is 48.5 Å². The molecule has 1 aliphatic heterocycles. The molecule has 1 heterocycles. The van der Waals surface area contributed by atoms with Gasteiger partial charge in [-0.05, 0) is 36.1 Å². The van der Waals surface area contributed by atoms with E-state index in [-0.39, 0.29) is 18.9 Å². The smallest absolute Gasteiger partial charge is 0.407 e. The van der Waals surface area contributed by atoms with Crippen molar-refractivity contribution in [1.29, 1.82) is 0 Å². The Balaban J connectivity index is 1.38. The summed E-state index contributed by atoms with van der Waals surface area (Å²) in [6.45, 7) is 2.24. The van der Waals surface area contributed by atoms with Gasteiger partial charge in [-0.2, -0.15) is 0 Å². The van der Waals surface area contributed by atoms with Crippen LogP contribution in [0.3, 0.4) is 0 Å². The van der Waals surface area contributed by atoms with Crippen LogP contribution in [-0.2, 0) is 14.3 Å². The van der Waals surface area contributed by atoms with Gasteiger partial charge in [0.1, 0.15) is 12.6 Å². The van der Waals surface area contributed by atoms with Crippen LogP contribution in [-0.4, -0.2) is 58.6 Å². The lowest BCUT2D eigenvalue weighted by Crippen LogP contribution is -2.49. The number of benzene rings is 2. The summed E-state index contributed by atoms with van der Waals surface area (Å²) in [5.74, 6) is -5.64. The number of nitrogens with zero attached hydrogens (tertiary/aromatic N) is 1. The molecule has 0 spiro atoms. The highest BCUT2D eigenvalue weighted by Gasteiger charge is 2.50. The predicted molar refractivity (Wildman–Crippen MR) is 120 cm³/mol. The molecule has 9 heteroatoms. The fourth-order valence-corrected chi connectivity index (χ4v) is 4.73. The van der Waals surface area contributed by atoms with Crippen LogP contribution in [0.5, 0.6) is 0 Å². The number of carbonyl (C=O) groups excluding carboxylic acids is 2. The highest BCUT2D eigenvalue weighted by atomic mass is 19.3. The van der Waals surface area contributed by atoms with Gasteiger partial charge in [-0.15, -0.1) is 0 Å². The molecule has 0 radical (unpaired) electrons. The summed E-state index contributed by atoms with van der Waals surface area (Å²) in [5.41, 5.74) is 3.16. The fourth-order valence-electron chi connectivity index (χ4n) is 4.73. The number of nitrogens with one attached hydrogen (secondary N) is 1. The van der Waals surface area contributed by atoms with Crippen molar-refractivity contribution in [2.24, 2.45) is 0 Å². The van der Waals surface area contributed by atoms with Crippen LogP contribution in [0.15, 0.2) is 48.5 Å². The van der Waals surface area contributed by atoms with Crippen molar-refractivity contribution in [3.63, 3.8) is 0 Å². The molecule has 0 bridgehead atoms. The average Bonchev–Trinajstić information content (AvgIpc) is 3.26. The van der Waals surface area contributed by atoms with Gasteiger partial charge in [0.2, 0.25) is 5.91 Å². The summed E-state index contributed by atoms with van der Waals surface area (Å²) < 4.78 is 32.9. The zero-order valence-corrected chi connectivity index (χ0v) is 18.9. The lowest BCUT2D eigenvalue weighted by Gasteiger charge is -2.29. The number of carboxylic acids is 1. The Morgan fingerprint density at radius 3 is 2.21 bits per heavy atom. The molecule has 180 valence electrons. The second-order valence-corrected chi connectivity index (χ2v) is 9.45. The monoisotopic (exact) mass is 472 g/mol. The summed E-state index contributed by atoms with van der Waals surface area (Å²) in [7, 11) is 0. The maximum absolute atomic E-state index is 13.7. The highest BCUT2D eigenvalue weighted by Crippen LogP contribution is 2.44. The first-order chi connectivity index (χ1) is 16.0. The number of hydrogen-bond donors (Lipinski definition) is 2. The number of alkyl carbamates (subject to hydrolysis) is 1. The van der Waals surface area contributed by atoms with E-state index < -0.39 is 48.4 Å². The largest absolute Gasteiger partial charge is 0.480 e. The second kappa shape index (κ2) is 8.70. The average molecular weight is 472 g/mol. The molecule has 34 heavy (non-hydrogen) atoms. The van der Waals surface area contributed by atoms with E-state index in [0.717, 1.165) is 22.3 Å². The Morgan fingerprint density at radius 1 is 1.09 bits per heavy atom. The molecule has 2 aliphatic rings. The topological polar surface area (TPSA) is 95.9 Å². The minimum Gasteiger partial charge on any atom is -0.480 e. The molecular weight excluding hydrogens is 446 g/mol. The second-order valence-electron chi connectivity index (χ2n) is 9.45. The van der Waals surface area contributed by atoms with Gasteiger partial charge in [-0.25, -0.2) is 18.4 Å². The van der Waals surface area contributed by atoms with Gasteiger partial charge in [-0.3, -0.25) is 4.79 Å². The Kier molecular flexibility index (Phi) is 6.05. The molecule has 1 aliphatic carbocycles. The van der Waals surface area contributed by atoms with Crippen LogP contribution in [0.4, 0.5) is 13.6 Å². The summed E-state index contributed by atoms with van der Waals surface area (Å²) in [4.78, 5) is 37.2. The molecule has 0 aromatic heterocycles. The lowest BCUT2D eigenvalue weighted by atomic mass is 9.98. The van der Waals surface area contributed by atoms with E-state index >= 15 is 0 Å². The number of amides is 2. The number of rotatable bonds is 6. The van der Waals surface area contributed by atoms with Crippen molar-refractivity contribution in [1.82, 2.24) is 10.2 Å². The van der Waals surface area contributed by atoms with Gasteiger partial charge in [0.05, 0.1) is 6.54 Å². The first-order valence-electron chi connectivity index (χ1n) is 11.0. The van der Waals surface area contributed by atoms with E-state index in [9.17, 15) is 28.3 Å². The molecule has 1 fully saturated rings. The third-order valence-corrected chi connectivity index (χ3v) is 6.25. The SMILES string of the molecule is CC(C)(CC(=O)N1CC(F)(F)C[C@@H]1C(=O)O)NC(=O)OCC1c2ccccc2-c2ccccc21. The van der Waals surface area contributed by atoms with E-state index in [1.165, 1.54) is 0 Å². The Morgan fingerprint density at radius 2 is 1.65 bits per heavy atom. The van der Waals surface area contributed by atoms with Crippen LogP contribution in [0.1, 0.15) is 43.7 Å². The van der Waals surface area contributed by atoms with Gasteiger partial charge in [0, 0.05) is 24.3 Å². The first kappa shape index (κ1) is 23.7. The van der Waals surface area contributed by atoms with E-state index in [0.29, 0.717) is 4.90 Å². The Hall–Kier alpha value is -3.49. The number of fused-ring (bicyclic) bond motifs is 3. The van der Waals surface area contributed by atoms with Crippen molar-refractivity contribution in [2.75, 3.05) is 13.2 Å². The molecule has 7 nitrogen and oxygen atoms in total. The summed E-state index contributed by atoms with van der Waals surface area (Å²) in [6.07, 6.45) is -2.02. The number of halogens is 2. The number of carbonyl (C=O) groups is 3. The van der Waals surface area contributed by atoms with E-state index in [2.05, 4.69) is 5.32 Å². The van der Waals surface area contributed by atoms with Gasteiger partial charge >= 0.3 is 12.1 Å². The van der Waals surface area contributed by atoms with E-state index in [1.54, 1.807) is 13.8 Å². The highest BCUT2D eigenvalue weighted by molar-refractivity contribution is 5.85. The van der Waals surface area contributed by atoms with Crippen LogP contribution < -0.4 is 5.32 Å². The molecule has 1 saturated heterocycles. The molecule has 2 aromatic rings. The molecule has 2 N–H and O–H groups in total. The van der Waals surface area contributed by atoms with Gasteiger partial charge in [-0.1, -0.05) is 48.5 Å². The van der Waals surface area contributed by atoms with Crippen molar-refractivity contribution in [2.45, 2.75) is 50.1 Å². The molecule has 2 amide bonds. The zero-order chi connectivity index (χ0) is 24.7. The predicted octanol–water partition coefficient (Wildman–Crippen LogP) is 4.01. The Labute approximate surface area is 195 Å². The third kappa shape index (κ3) is 4.73. The van der Waals surface area contributed by atoms with Gasteiger partial charge in [0.25, 0.3) is 5.92 Å². The molecular formula is C25H26F2N2O5. The van der Waals surface area contributed by atoms with Crippen LogP contribution in [0.25, 0.3) is 11.1 Å². The maximum atomic E-state index is 13.7. The number of carboxylic acid groups (broad SMARTS) is 1. The number of likely N-dealkylation sites (tertiary alicyclic amines) is 1. The molecule has 1 atom stereocenters. The summed E-state index contributed by atoms with van der Waals surface area (Å²) in [6, 6.07) is 14.2. The van der Waals surface area contributed by atoms with Crippen LogP contribution in [0.2, 0.25) is 0 Å². The Bertz CT molecular complexity index is 1090. The van der Waals surface area contributed by atoms with Gasteiger partial charge < -0.3 is 20.1 Å². The van der Waals surface area contributed by atoms with Gasteiger partial charge in [0.15, 0.2) is 0 Å². The molecule has 4 rings (SSSR count). The molecule has 0 unspecified atom stereocenters. The molecule has 0 saturated carbocycles. The third-order valence-electron chi connectivity index (χ3n) is 6.25. The summed E-state index contributed by atoms with van der Waals surface area (Å²) >= 11 is 0. The van der Waals surface area contributed by atoms with Crippen molar-refractivity contribution in [3.05, 3.63) is 59.7 Å². The minimum atomic E-state index is -3.26.